The van der Waals surface area contributed by atoms with Crippen molar-refractivity contribution in [2.45, 2.75) is 31.7 Å². The molecule has 2 heterocycles. The lowest BCUT2D eigenvalue weighted by atomic mass is 9.83. The molecule has 1 saturated heterocycles. The number of para-hydroxylation sites is 2. The molecular formula is C16H23N3O. The van der Waals surface area contributed by atoms with Crippen LogP contribution < -0.4 is 10.2 Å². The van der Waals surface area contributed by atoms with Crippen molar-refractivity contribution in [3.8, 4) is 0 Å². The molecule has 1 aromatic rings. The monoisotopic (exact) mass is 273 g/mol. The average Bonchev–Trinajstić information content (AvgIpc) is 2.48. The number of anilines is 2. The lowest BCUT2D eigenvalue weighted by Crippen LogP contribution is -2.61. The van der Waals surface area contributed by atoms with Gasteiger partial charge in [-0.2, -0.15) is 0 Å². The molecule has 0 bridgehead atoms. The minimum atomic E-state index is -0.395. The third-order valence-corrected chi connectivity index (χ3v) is 4.60. The largest absolute Gasteiger partial charge is 0.369 e. The number of carbonyl (C=O) groups is 1. The number of benzene rings is 1. The number of likely N-dealkylation sites (N-methyl/N-ethyl adjacent to an activating group) is 1. The number of carbonyl (C=O) groups excluding carboxylic acids is 1. The topological polar surface area (TPSA) is 35.6 Å². The van der Waals surface area contributed by atoms with Crippen molar-refractivity contribution in [1.29, 1.82) is 0 Å². The Balaban J connectivity index is 1.84. The van der Waals surface area contributed by atoms with Crippen LogP contribution in [0.3, 0.4) is 0 Å². The fourth-order valence-corrected chi connectivity index (χ4v) is 3.43. The van der Waals surface area contributed by atoms with E-state index in [0.29, 0.717) is 0 Å². The summed E-state index contributed by atoms with van der Waals surface area (Å²) in [6.45, 7) is 5.35. The van der Waals surface area contributed by atoms with Crippen molar-refractivity contribution < 1.29 is 4.79 Å². The number of hydrogen-bond acceptors (Lipinski definition) is 3. The van der Waals surface area contributed by atoms with Crippen molar-refractivity contribution in [1.82, 2.24) is 4.90 Å². The quantitative estimate of drug-likeness (QED) is 0.898. The Morgan fingerprint density at radius 2 is 1.95 bits per heavy atom. The Bertz CT molecular complexity index is 506. The second kappa shape index (κ2) is 5.09. The SMILES string of the molecule is CCCN1CCC2(CC1)Nc1ccccc1N(C)C2=O. The first kappa shape index (κ1) is 13.4. The predicted molar refractivity (Wildman–Crippen MR) is 82.2 cm³/mol. The van der Waals surface area contributed by atoms with Gasteiger partial charge in [0.25, 0.3) is 5.91 Å². The van der Waals surface area contributed by atoms with Gasteiger partial charge in [0.2, 0.25) is 0 Å². The van der Waals surface area contributed by atoms with Crippen molar-refractivity contribution >= 4 is 17.3 Å². The molecule has 0 unspecified atom stereocenters. The average molecular weight is 273 g/mol. The van der Waals surface area contributed by atoms with Gasteiger partial charge in [-0.1, -0.05) is 19.1 Å². The lowest BCUT2D eigenvalue weighted by molar-refractivity contribution is -0.124. The zero-order valence-corrected chi connectivity index (χ0v) is 12.4. The van der Waals surface area contributed by atoms with E-state index in [2.05, 4.69) is 23.2 Å². The number of piperidine rings is 1. The van der Waals surface area contributed by atoms with E-state index in [1.807, 2.05) is 30.1 Å². The van der Waals surface area contributed by atoms with Crippen molar-refractivity contribution in [2.75, 3.05) is 36.9 Å². The molecule has 108 valence electrons. The van der Waals surface area contributed by atoms with Crippen molar-refractivity contribution in [3.63, 3.8) is 0 Å². The zero-order chi connectivity index (χ0) is 14.2. The van der Waals surface area contributed by atoms with Crippen molar-refractivity contribution in [3.05, 3.63) is 24.3 Å². The maximum atomic E-state index is 12.8. The van der Waals surface area contributed by atoms with E-state index >= 15 is 0 Å². The second-order valence-corrected chi connectivity index (χ2v) is 5.93. The highest BCUT2D eigenvalue weighted by atomic mass is 16.2. The summed E-state index contributed by atoms with van der Waals surface area (Å²) in [6.07, 6.45) is 2.96. The van der Waals surface area contributed by atoms with Gasteiger partial charge >= 0.3 is 0 Å². The van der Waals surface area contributed by atoms with Gasteiger partial charge in [0.05, 0.1) is 11.4 Å². The fourth-order valence-electron chi connectivity index (χ4n) is 3.43. The summed E-state index contributed by atoms with van der Waals surface area (Å²) in [5.74, 6) is 0.215. The molecule has 0 aliphatic carbocycles. The molecule has 2 aliphatic heterocycles. The van der Waals surface area contributed by atoms with Gasteiger partial charge in [-0.15, -0.1) is 0 Å². The predicted octanol–water partition coefficient (Wildman–Crippen LogP) is 2.32. The fraction of sp³-hybridized carbons (Fsp3) is 0.562. The Morgan fingerprint density at radius 3 is 2.65 bits per heavy atom. The summed E-state index contributed by atoms with van der Waals surface area (Å²) >= 11 is 0. The van der Waals surface area contributed by atoms with Gasteiger partial charge < -0.3 is 15.1 Å². The first-order valence-corrected chi connectivity index (χ1v) is 7.54. The van der Waals surface area contributed by atoms with Gasteiger partial charge in [0, 0.05) is 20.1 Å². The molecule has 3 rings (SSSR count). The minimum Gasteiger partial charge on any atom is -0.369 e. The Hall–Kier alpha value is -1.55. The summed E-state index contributed by atoms with van der Waals surface area (Å²) in [5.41, 5.74) is 1.67. The zero-order valence-electron chi connectivity index (χ0n) is 12.4. The normalized spacial score (nSPS) is 21.7. The van der Waals surface area contributed by atoms with Gasteiger partial charge in [-0.3, -0.25) is 4.79 Å². The molecule has 0 radical (unpaired) electrons. The molecule has 0 saturated carbocycles. The maximum absolute atomic E-state index is 12.8. The molecule has 1 spiro atoms. The number of amides is 1. The molecule has 1 aromatic carbocycles. The molecule has 20 heavy (non-hydrogen) atoms. The molecular weight excluding hydrogens is 250 g/mol. The van der Waals surface area contributed by atoms with E-state index in [-0.39, 0.29) is 5.91 Å². The van der Waals surface area contributed by atoms with Crippen LogP contribution in [0.2, 0.25) is 0 Å². The van der Waals surface area contributed by atoms with E-state index in [4.69, 9.17) is 0 Å². The Kier molecular flexibility index (Phi) is 3.42. The highest BCUT2D eigenvalue weighted by molar-refractivity contribution is 6.07. The smallest absolute Gasteiger partial charge is 0.252 e. The van der Waals surface area contributed by atoms with Crippen LogP contribution in [-0.4, -0.2) is 43.0 Å². The van der Waals surface area contributed by atoms with Crippen molar-refractivity contribution in [2.24, 2.45) is 0 Å². The maximum Gasteiger partial charge on any atom is 0.252 e. The van der Waals surface area contributed by atoms with Gasteiger partial charge in [0.1, 0.15) is 5.54 Å². The first-order chi connectivity index (χ1) is 9.66. The molecule has 4 heteroatoms. The van der Waals surface area contributed by atoms with Crippen LogP contribution in [-0.2, 0) is 4.79 Å². The standard InChI is InChI=1S/C16H23N3O/c1-3-10-19-11-8-16(9-12-19)15(20)18(2)14-7-5-4-6-13(14)17-16/h4-7,17H,3,8-12H2,1-2H3. The summed E-state index contributed by atoms with van der Waals surface area (Å²) in [4.78, 5) is 17.1. The van der Waals surface area contributed by atoms with E-state index in [1.54, 1.807) is 0 Å². The van der Waals surface area contributed by atoms with Crippen LogP contribution in [0.1, 0.15) is 26.2 Å². The molecule has 4 nitrogen and oxygen atoms in total. The first-order valence-electron chi connectivity index (χ1n) is 7.54. The second-order valence-electron chi connectivity index (χ2n) is 5.93. The minimum absolute atomic E-state index is 0.215. The molecule has 2 aliphatic rings. The lowest BCUT2D eigenvalue weighted by Gasteiger charge is -2.47. The number of likely N-dealkylation sites (tertiary alicyclic amines) is 1. The molecule has 1 fully saturated rings. The van der Waals surface area contributed by atoms with Crippen LogP contribution in [0.4, 0.5) is 11.4 Å². The Morgan fingerprint density at radius 1 is 1.25 bits per heavy atom. The highest BCUT2D eigenvalue weighted by Gasteiger charge is 2.46. The van der Waals surface area contributed by atoms with Gasteiger partial charge in [-0.05, 0) is 37.9 Å². The van der Waals surface area contributed by atoms with E-state index in [9.17, 15) is 4.79 Å². The highest BCUT2D eigenvalue weighted by Crippen LogP contribution is 2.38. The number of hydrogen-bond donors (Lipinski definition) is 1. The summed E-state index contributed by atoms with van der Waals surface area (Å²) in [6, 6.07) is 8.07. The number of nitrogens with one attached hydrogen (secondary N) is 1. The molecule has 1 N–H and O–H groups in total. The van der Waals surface area contributed by atoms with Crippen LogP contribution >= 0.6 is 0 Å². The Labute approximate surface area is 120 Å². The number of nitrogens with zero attached hydrogens (tertiary/aromatic N) is 2. The summed E-state index contributed by atoms with van der Waals surface area (Å²) in [5, 5.41) is 3.54. The van der Waals surface area contributed by atoms with E-state index < -0.39 is 5.54 Å². The van der Waals surface area contributed by atoms with E-state index in [0.717, 1.165) is 43.9 Å². The number of rotatable bonds is 2. The van der Waals surface area contributed by atoms with E-state index in [1.165, 1.54) is 6.42 Å². The summed E-state index contributed by atoms with van der Waals surface area (Å²) < 4.78 is 0. The van der Waals surface area contributed by atoms with Crippen LogP contribution in [0.5, 0.6) is 0 Å². The summed E-state index contributed by atoms with van der Waals surface area (Å²) in [7, 11) is 1.89. The van der Waals surface area contributed by atoms with Crippen LogP contribution in [0.15, 0.2) is 24.3 Å². The molecule has 0 atom stereocenters. The third kappa shape index (κ3) is 2.08. The number of fused-ring (bicyclic) bond motifs is 1. The van der Waals surface area contributed by atoms with Crippen LogP contribution in [0.25, 0.3) is 0 Å². The van der Waals surface area contributed by atoms with Gasteiger partial charge in [0.15, 0.2) is 0 Å². The van der Waals surface area contributed by atoms with Crippen LogP contribution in [0, 0.1) is 0 Å². The molecule has 1 amide bonds. The van der Waals surface area contributed by atoms with Gasteiger partial charge in [-0.25, -0.2) is 0 Å². The third-order valence-electron chi connectivity index (χ3n) is 4.60. The molecule has 0 aromatic heterocycles.